The highest BCUT2D eigenvalue weighted by Crippen LogP contribution is 2.38. The zero-order valence-electron chi connectivity index (χ0n) is 18.8. The first-order chi connectivity index (χ1) is 14.5. The van der Waals surface area contributed by atoms with Crippen LogP contribution in [0.15, 0.2) is 29.5 Å². The Bertz CT molecular complexity index is 815. The standard InChI is InChI=1S/C25H37N3O2/c1-4-14-27-23(29)19-11-10-18(3)21(17-19)25(5-2)12-15-26-22-9-7-6-8-20(22)24(30)28-16-13-25/h10-11,17,26H,4-9,12-16H2,1-3H3,(H,27,29)(H,28,30). The third kappa shape index (κ3) is 4.88. The molecule has 0 aromatic heterocycles. The van der Waals surface area contributed by atoms with Gasteiger partial charge in [-0.2, -0.15) is 0 Å². The molecule has 1 heterocycles. The van der Waals surface area contributed by atoms with Crippen LogP contribution < -0.4 is 16.0 Å². The number of benzene rings is 1. The monoisotopic (exact) mass is 411 g/mol. The average molecular weight is 412 g/mol. The Balaban J connectivity index is 1.89. The molecule has 1 aromatic rings. The first-order valence-corrected chi connectivity index (χ1v) is 11.6. The average Bonchev–Trinajstić information content (AvgIpc) is 2.77. The van der Waals surface area contributed by atoms with Crippen molar-refractivity contribution in [1.82, 2.24) is 16.0 Å². The molecule has 0 bridgehead atoms. The molecule has 30 heavy (non-hydrogen) atoms. The number of rotatable bonds is 5. The zero-order valence-corrected chi connectivity index (χ0v) is 18.8. The Hall–Kier alpha value is -2.30. The summed E-state index contributed by atoms with van der Waals surface area (Å²) in [6, 6.07) is 6.08. The molecule has 1 unspecified atom stereocenters. The van der Waals surface area contributed by atoms with Gasteiger partial charge >= 0.3 is 0 Å². The first-order valence-electron chi connectivity index (χ1n) is 11.6. The fourth-order valence-electron chi connectivity index (χ4n) is 4.94. The van der Waals surface area contributed by atoms with E-state index >= 15 is 0 Å². The molecule has 1 aromatic carbocycles. The molecule has 2 aliphatic rings. The van der Waals surface area contributed by atoms with Gasteiger partial charge in [-0.15, -0.1) is 0 Å². The summed E-state index contributed by atoms with van der Waals surface area (Å²) in [5.41, 5.74) is 5.20. The summed E-state index contributed by atoms with van der Waals surface area (Å²) in [5, 5.41) is 9.78. The van der Waals surface area contributed by atoms with Gasteiger partial charge in [0.15, 0.2) is 0 Å². The molecule has 0 fully saturated rings. The maximum absolute atomic E-state index is 12.8. The van der Waals surface area contributed by atoms with E-state index < -0.39 is 0 Å². The molecule has 5 nitrogen and oxygen atoms in total. The van der Waals surface area contributed by atoms with Crippen LogP contribution in [0.2, 0.25) is 0 Å². The van der Waals surface area contributed by atoms with Crippen LogP contribution in [0.4, 0.5) is 0 Å². The lowest BCUT2D eigenvalue weighted by molar-refractivity contribution is -0.117. The van der Waals surface area contributed by atoms with Gasteiger partial charge in [0.1, 0.15) is 0 Å². The van der Waals surface area contributed by atoms with Crippen LogP contribution in [0, 0.1) is 6.92 Å². The summed E-state index contributed by atoms with van der Waals surface area (Å²) in [5.74, 6) is 0.0844. The highest BCUT2D eigenvalue weighted by molar-refractivity contribution is 5.95. The molecule has 0 saturated heterocycles. The lowest BCUT2D eigenvalue weighted by Crippen LogP contribution is -2.39. The third-order valence-electron chi connectivity index (χ3n) is 6.86. The molecule has 5 heteroatoms. The largest absolute Gasteiger partial charge is 0.388 e. The van der Waals surface area contributed by atoms with Gasteiger partial charge in [-0.25, -0.2) is 0 Å². The van der Waals surface area contributed by atoms with Crippen molar-refractivity contribution >= 4 is 11.8 Å². The molecule has 2 amide bonds. The van der Waals surface area contributed by atoms with Gasteiger partial charge in [-0.1, -0.05) is 19.9 Å². The van der Waals surface area contributed by atoms with E-state index in [1.807, 2.05) is 6.07 Å². The van der Waals surface area contributed by atoms with Crippen LogP contribution in [0.25, 0.3) is 0 Å². The maximum Gasteiger partial charge on any atom is 0.251 e. The Labute approximate surface area is 181 Å². The molecule has 1 atom stereocenters. The van der Waals surface area contributed by atoms with Crippen LogP contribution in [-0.2, 0) is 10.2 Å². The fourth-order valence-corrected chi connectivity index (χ4v) is 4.94. The van der Waals surface area contributed by atoms with E-state index in [0.29, 0.717) is 13.1 Å². The molecular weight excluding hydrogens is 374 g/mol. The number of amides is 2. The van der Waals surface area contributed by atoms with E-state index in [1.54, 1.807) is 0 Å². The molecule has 1 aliphatic heterocycles. The highest BCUT2D eigenvalue weighted by Gasteiger charge is 2.33. The van der Waals surface area contributed by atoms with Gasteiger partial charge < -0.3 is 16.0 Å². The van der Waals surface area contributed by atoms with E-state index in [-0.39, 0.29) is 17.2 Å². The molecule has 0 saturated carbocycles. The highest BCUT2D eigenvalue weighted by atomic mass is 16.2. The molecule has 1 aliphatic carbocycles. The second kappa shape index (κ2) is 10.1. The van der Waals surface area contributed by atoms with Gasteiger partial charge in [0, 0.05) is 36.5 Å². The van der Waals surface area contributed by atoms with Gasteiger partial charge in [0.25, 0.3) is 5.91 Å². The van der Waals surface area contributed by atoms with E-state index in [0.717, 1.165) is 74.7 Å². The van der Waals surface area contributed by atoms with Crippen LogP contribution in [0.5, 0.6) is 0 Å². The van der Waals surface area contributed by atoms with E-state index in [4.69, 9.17) is 0 Å². The van der Waals surface area contributed by atoms with Crippen molar-refractivity contribution < 1.29 is 9.59 Å². The van der Waals surface area contributed by atoms with Crippen LogP contribution in [0.3, 0.4) is 0 Å². The Morgan fingerprint density at radius 2 is 1.83 bits per heavy atom. The van der Waals surface area contributed by atoms with Crippen molar-refractivity contribution in [3.05, 3.63) is 46.2 Å². The van der Waals surface area contributed by atoms with Crippen molar-refractivity contribution in [2.75, 3.05) is 19.6 Å². The Kier molecular flexibility index (Phi) is 7.57. The molecule has 0 spiro atoms. The minimum atomic E-state index is -0.0713. The summed E-state index contributed by atoms with van der Waals surface area (Å²) >= 11 is 0. The number of aryl methyl sites for hydroxylation is 1. The second-order valence-corrected chi connectivity index (χ2v) is 8.77. The molecular formula is C25H37N3O2. The minimum Gasteiger partial charge on any atom is -0.388 e. The zero-order chi connectivity index (χ0) is 21.6. The number of hydrogen-bond acceptors (Lipinski definition) is 3. The van der Waals surface area contributed by atoms with E-state index in [9.17, 15) is 9.59 Å². The predicted octanol–water partition coefficient (Wildman–Crippen LogP) is 4.11. The van der Waals surface area contributed by atoms with Gasteiger partial charge in [0.05, 0.1) is 0 Å². The molecule has 164 valence electrons. The summed E-state index contributed by atoms with van der Waals surface area (Å²) in [6.07, 6.45) is 7.83. The lowest BCUT2D eigenvalue weighted by atomic mass is 9.70. The molecule has 3 rings (SSSR count). The van der Waals surface area contributed by atoms with Crippen molar-refractivity contribution in [3.8, 4) is 0 Å². The Morgan fingerprint density at radius 3 is 2.57 bits per heavy atom. The SMILES string of the molecule is CCCNC(=O)c1ccc(C)c(C2(CC)CCNC(=O)C3=C(CCCC3)NCC2)c1. The smallest absolute Gasteiger partial charge is 0.251 e. The summed E-state index contributed by atoms with van der Waals surface area (Å²) in [7, 11) is 0. The van der Waals surface area contributed by atoms with Crippen LogP contribution in [-0.4, -0.2) is 31.4 Å². The van der Waals surface area contributed by atoms with Gasteiger partial charge in [-0.3, -0.25) is 9.59 Å². The Morgan fingerprint density at radius 1 is 1.10 bits per heavy atom. The topological polar surface area (TPSA) is 70.2 Å². The molecule has 0 radical (unpaired) electrons. The normalized spacial score (nSPS) is 22.6. The third-order valence-corrected chi connectivity index (χ3v) is 6.86. The first kappa shape index (κ1) is 22.4. The molecule has 3 N–H and O–H groups in total. The fraction of sp³-hybridized carbons (Fsp3) is 0.600. The van der Waals surface area contributed by atoms with Crippen molar-refractivity contribution in [1.29, 1.82) is 0 Å². The van der Waals surface area contributed by atoms with Gasteiger partial charge in [0.2, 0.25) is 5.91 Å². The number of nitrogens with one attached hydrogen (secondary N) is 3. The maximum atomic E-state index is 12.8. The van der Waals surface area contributed by atoms with Crippen molar-refractivity contribution in [3.63, 3.8) is 0 Å². The summed E-state index contributed by atoms with van der Waals surface area (Å²) < 4.78 is 0. The van der Waals surface area contributed by atoms with E-state index in [2.05, 4.69) is 48.9 Å². The van der Waals surface area contributed by atoms with Crippen molar-refractivity contribution in [2.24, 2.45) is 0 Å². The summed E-state index contributed by atoms with van der Waals surface area (Å²) in [4.78, 5) is 25.3. The number of carbonyl (C=O) groups is 2. The number of allylic oxidation sites excluding steroid dienone is 1. The second-order valence-electron chi connectivity index (χ2n) is 8.77. The van der Waals surface area contributed by atoms with E-state index in [1.165, 1.54) is 11.1 Å². The van der Waals surface area contributed by atoms with Crippen LogP contribution in [0.1, 0.15) is 86.7 Å². The minimum absolute atomic E-state index is 0.00681. The quantitative estimate of drug-likeness (QED) is 0.683. The van der Waals surface area contributed by atoms with Crippen LogP contribution >= 0.6 is 0 Å². The van der Waals surface area contributed by atoms with Crippen molar-refractivity contribution in [2.45, 2.75) is 77.6 Å². The predicted molar refractivity (Wildman–Crippen MR) is 122 cm³/mol. The number of carbonyl (C=O) groups excluding carboxylic acids is 2. The van der Waals surface area contributed by atoms with Gasteiger partial charge in [-0.05, 0) is 87.0 Å². The number of hydrogen-bond donors (Lipinski definition) is 3. The lowest BCUT2D eigenvalue weighted by Gasteiger charge is -2.37. The summed E-state index contributed by atoms with van der Waals surface area (Å²) in [6.45, 7) is 8.62.